The Labute approximate surface area is 230 Å². The number of ether oxygens (including phenoxy) is 1. The number of aromatic nitrogens is 3. The summed E-state index contributed by atoms with van der Waals surface area (Å²) in [6, 6.07) is 11.6. The summed E-state index contributed by atoms with van der Waals surface area (Å²) in [5.74, 6) is 0.726. The van der Waals surface area contributed by atoms with E-state index in [0.717, 1.165) is 41.9 Å². The van der Waals surface area contributed by atoms with Gasteiger partial charge in [0.15, 0.2) is 5.88 Å². The number of rotatable bonds is 4. The predicted molar refractivity (Wildman–Crippen MR) is 147 cm³/mol. The number of nitrogens with one attached hydrogen (secondary N) is 2. The van der Waals surface area contributed by atoms with Crippen molar-refractivity contribution in [2.45, 2.75) is 38.6 Å². The lowest BCUT2D eigenvalue weighted by Crippen LogP contribution is -2.41. The van der Waals surface area contributed by atoms with Crippen molar-refractivity contribution in [3.8, 4) is 17.1 Å². The average molecular weight is 541 g/mol. The first kappa shape index (κ1) is 24.0. The van der Waals surface area contributed by atoms with Crippen LogP contribution in [0.15, 0.2) is 65.5 Å². The van der Waals surface area contributed by atoms with E-state index in [9.17, 15) is 9.59 Å². The smallest absolute Gasteiger partial charge is 0.253 e. The molecule has 2 fully saturated rings. The van der Waals surface area contributed by atoms with Crippen molar-refractivity contribution in [3.05, 3.63) is 76.6 Å². The van der Waals surface area contributed by atoms with Gasteiger partial charge < -0.3 is 20.3 Å². The summed E-state index contributed by atoms with van der Waals surface area (Å²) in [6.07, 6.45) is 5.24. The number of benzene rings is 1. The second-order valence-corrected chi connectivity index (χ2v) is 11.9. The summed E-state index contributed by atoms with van der Waals surface area (Å²) < 4.78 is 6.38. The number of hydrogen-bond acceptors (Lipinski definition) is 8. The van der Waals surface area contributed by atoms with E-state index in [1.54, 1.807) is 5.51 Å². The molecule has 10 heteroatoms. The fraction of sp³-hybridized carbons (Fsp3) is 0.345. The zero-order chi connectivity index (χ0) is 26.9. The van der Waals surface area contributed by atoms with E-state index in [4.69, 9.17) is 9.72 Å². The van der Waals surface area contributed by atoms with Crippen molar-refractivity contribution in [3.63, 3.8) is 0 Å². The molecule has 1 spiro atoms. The van der Waals surface area contributed by atoms with Gasteiger partial charge in [0.1, 0.15) is 5.51 Å². The quantitative estimate of drug-likeness (QED) is 0.512. The molecule has 0 radical (unpaired) electrons. The van der Waals surface area contributed by atoms with Crippen LogP contribution < -0.4 is 15.4 Å². The van der Waals surface area contributed by atoms with Crippen molar-refractivity contribution >= 4 is 28.3 Å². The van der Waals surface area contributed by atoms with Gasteiger partial charge in [0.25, 0.3) is 5.91 Å². The van der Waals surface area contributed by atoms with E-state index in [2.05, 4.69) is 53.8 Å². The number of dihydropyridines is 1. The van der Waals surface area contributed by atoms with E-state index >= 15 is 0 Å². The topological polar surface area (TPSA) is 109 Å². The number of anilines is 1. The highest BCUT2D eigenvalue weighted by molar-refractivity contribution is 7.13. The van der Waals surface area contributed by atoms with E-state index in [-0.39, 0.29) is 23.8 Å². The van der Waals surface area contributed by atoms with Crippen LogP contribution in [0, 0.1) is 11.3 Å². The number of nitrogens with zero attached hydrogens (tertiary/aromatic N) is 4. The molecule has 3 aliphatic heterocycles. The SMILES string of the molecule is CC1C=CC2=C(N1)Oc1nc(-c3ccc(C(=O)N4CCC4)cc3)ccc1C21C(C(=O)Nc2nncs2)C1(C)C. The molecule has 198 valence electrons. The van der Waals surface area contributed by atoms with Gasteiger partial charge in [-0.3, -0.25) is 9.59 Å². The van der Waals surface area contributed by atoms with Crippen LogP contribution in [-0.4, -0.2) is 51.0 Å². The highest BCUT2D eigenvalue weighted by Crippen LogP contribution is 2.75. The lowest BCUT2D eigenvalue weighted by atomic mass is 9.78. The molecule has 39 heavy (non-hydrogen) atoms. The Morgan fingerprint density at radius 2 is 1.95 bits per heavy atom. The van der Waals surface area contributed by atoms with Crippen molar-refractivity contribution in [2.24, 2.45) is 11.3 Å². The first-order valence-corrected chi connectivity index (χ1v) is 14.0. The summed E-state index contributed by atoms with van der Waals surface area (Å²) in [6.45, 7) is 7.93. The number of carbonyl (C=O) groups is 2. The lowest BCUT2D eigenvalue weighted by molar-refractivity contribution is -0.118. The van der Waals surface area contributed by atoms with Gasteiger partial charge in [-0.25, -0.2) is 4.98 Å². The van der Waals surface area contributed by atoms with Crippen molar-refractivity contribution in [2.75, 3.05) is 18.4 Å². The van der Waals surface area contributed by atoms with Gasteiger partial charge in [0.05, 0.1) is 11.6 Å². The molecule has 3 atom stereocenters. The van der Waals surface area contributed by atoms with E-state index < -0.39 is 10.8 Å². The number of fused-ring (bicyclic) bond motifs is 3. The van der Waals surface area contributed by atoms with Crippen LogP contribution in [0.3, 0.4) is 0 Å². The molecule has 5 heterocycles. The molecule has 1 aliphatic carbocycles. The van der Waals surface area contributed by atoms with Gasteiger partial charge >= 0.3 is 0 Å². The van der Waals surface area contributed by atoms with Crippen LogP contribution in [0.5, 0.6) is 5.88 Å². The largest absolute Gasteiger partial charge is 0.422 e. The average Bonchev–Trinajstić information content (AvgIpc) is 3.16. The highest BCUT2D eigenvalue weighted by Gasteiger charge is 2.78. The van der Waals surface area contributed by atoms with Crippen molar-refractivity contribution in [1.82, 2.24) is 25.4 Å². The van der Waals surface area contributed by atoms with Gasteiger partial charge in [-0.05, 0) is 37.0 Å². The number of allylic oxidation sites excluding steroid dienone is 2. The summed E-state index contributed by atoms with van der Waals surface area (Å²) in [4.78, 5) is 33.0. The molecule has 0 bridgehead atoms. The normalized spacial score (nSPS) is 25.7. The second kappa shape index (κ2) is 8.47. The predicted octanol–water partition coefficient (Wildman–Crippen LogP) is 4.13. The molecule has 1 saturated carbocycles. The lowest BCUT2D eigenvalue weighted by Gasteiger charge is -2.35. The molecule has 7 rings (SSSR count). The maximum absolute atomic E-state index is 13.6. The third-order valence-electron chi connectivity index (χ3n) is 8.57. The molecule has 2 aromatic heterocycles. The molecule has 3 unspecified atom stereocenters. The van der Waals surface area contributed by atoms with E-state index in [1.807, 2.05) is 41.3 Å². The maximum atomic E-state index is 13.6. The summed E-state index contributed by atoms with van der Waals surface area (Å²) in [7, 11) is 0. The summed E-state index contributed by atoms with van der Waals surface area (Å²) >= 11 is 1.30. The van der Waals surface area contributed by atoms with E-state index in [0.29, 0.717) is 22.5 Å². The Bertz CT molecular complexity index is 1560. The Morgan fingerprint density at radius 1 is 1.15 bits per heavy atom. The van der Waals surface area contributed by atoms with Gasteiger partial charge in [-0.2, -0.15) is 0 Å². The van der Waals surface area contributed by atoms with Crippen molar-refractivity contribution in [1.29, 1.82) is 0 Å². The van der Waals surface area contributed by atoms with Crippen LogP contribution in [0.25, 0.3) is 11.3 Å². The number of pyridine rings is 1. The minimum atomic E-state index is -0.618. The Morgan fingerprint density at radius 3 is 2.64 bits per heavy atom. The number of amides is 2. The van der Waals surface area contributed by atoms with Crippen LogP contribution in [-0.2, 0) is 10.2 Å². The maximum Gasteiger partial charge on any atom is 0.253 e. The van der Waals surface area contributed by atoms with Crippen LogP contribution in [0.4, 0.5) is 5.13 Å². The van der Waals surface area contributed by atoms with Crippen LogP contribution in [0.2, 0.25) is 0 Å². The minimum absolute atomic E-state index is 0.0651. The Kier molecular flexibility index (Phi) is 5.22. The molecule has 9 nitrogen and oxygen atoms in total. The van der Waals surface area contributed by atoms with Gasteiger partial charge in [-0.1, -0.05) is 55.5 Å². The molecule has 2 amide bonds. The Balaban J connectivity index is 1.27. The van der Waals surface area contributed by atoms with Gasteiger partial charge in [0.2, 0.25) is 16.9 Å². The first-order valence-electron chi connectivity index (χ1n) is 13.2. The van der Waals surface area contributed by atoms with Crippen LogP contribution in [0.1, 0.15) is 43.1 Å². The first-order chi connectivity index (χ1) is 18.8. The highest BCUT2D eigenvalue weighted by atomic mass is 32.1. The molecule has 4 aliphatic rings. The van der Waals surface area contributed by atoms with E-state index in [1.165, 1.54) is 11.3 Å². The zero-order valence-corrected chi connectivity index (χ0v) is 22.7. The fourth-order valence-corrected chi connectivity index (χ4v) is 6.90. The fourth-order valence-electron chi connectivity index (χ4n) is 6.45. The third-order valence-corrected chi connectivity index (χ3v) is 9.18. The molecule has 1 aromatic carbocycles. The zero-order valence-electron chi connectivity index (χ0n) is 21.9. The summed E-state index contributed by atoms with van der Waals surface area (Å²) in [5.41, 5.74) is 4.73. The molecular weight excluding hydrogens is 512 g/mol. The Hall–Kier alpha value is -4.05. The molecule has 1 saturated heterocycles. The molecule has 3 aromatic rings. The van der Waals surface area contributed by atoms with Crippen molar-refractivity contribution < 1.29 is 14.3 Å². The monoisotopic (exact) mass is 540 g/mol. The summed E-state index contributed by atoms with van der Waals surface area (Å²) in [5, 5.41) is 14.7. The minimum Gasteiger partial charge on any atom is -0.422 e. The number of carbonyl (C=O) groups excluding carboxylic acids is 2. The number of hydrogen-bond donors (Lipinski definition) is 2. The standard InChI is InChI=1S/C29H28N6O3S/c1-16-5-10-19-24(31-16)38-25-20(29(19)22(28(29,2)3)23(36)33-27-34-30-15-39-27)11-12-21(32-25)17-6-8-18(9-7-17)26(37)35-13-4-14-35/h5-12,15-16,22,31H,4,13-14H2,1-3H3,(H,33,34,36). The van der Waals surface area contributed by atoms with Gasteiger partial charge in [-0.15, -0.1) is 10.2 Å². The molecule has 2 N–H and O–H groups in total. The molecular formula is C29H28N6O3S. The van der Waals surface area contributed by atoms with Crippen LogP contribution >= 0.6 is 11.3 Å². The number of likely N-dealkylation sites (tertiary alicyclic amines) is 1. The van der Waals surface area contributed by atoms with Gasteiger partial charge in [0, 0.05) is 46.8 Å². The second-order valence-electron chi connectivity index (χ2n) is 11.1. The third kappa shape index (κ3) is 3.47.